The standard InChI is InChI=1S/C5H9O2/c1-5(2,4-6)7-3/h1-3H3. The Morgan fingerprint density at radius 2 is 2.00 bits per heavy atom. The van der Waals surface area contributed by atoms with Crippen molar-refractivity contribution in [1.29, 1.82) is 0 Å². The smallest absolute Gasteiger partial charge is 0.232 e. The minimum absolute atomic E-state index is 0.722. The molecule has 0 saturated heterocycles. The number of hydrogen-bond acceptors (Lipinski definition) is 2. The van der Waals surface area contributed by atoms with Gasteiger partial charge in [0.2, 0.25) is 6.29 Å². The molecule has 0 aromatic heterocycles. The third kappa shape index (κ3) is 2.34. The van der Waals surface area contributed by atoms with Crippen LogP contribution >= 0.6 is 0 Å². The Morgan fingerprint density at radius 3 is 2.00 bits per heavy atom. The van der Waals surface area contributed by atoms with Crippen molar-refractivity contribution in [2.45, 2.75) is 19.4 Å². The van der Waals surface area contributed by atoms with Crippen LogP contribution in [-0.4, -0.2) is 19.0 Å². The Bertz CT molecular complexity index is 66.5. The van der Waals surface area contributed by atoms with Crippen LogP contribution in [0.15, 0.2) is 0 Å². The maximum absolute atomic E-state index is 9.81. The molecule has 0 rings (SSSR count). The predicted molar refractivity (Wildman–Crippen MR) is 26.8 cm³/mol. The first kappa shape index (κ1) is 6.63. The Morgan fingerprint density at radius 1 is 1.57 bits per heavy atom. The van der Waals surface area contributed by atoms with Crippen molar-refractivity contribution in [3.63, 3.8) is 0 Å². The number of hydrogen-bond donors (Lipinski definition) is 0. The Hall–Kier alpha value is -0.370. The minimum Gasteiger partial charge on any atom is -0.371 e. The van der Waals surface area contributed by atoms with Gasteiger partial charge < -0.3 is 4.74 Å². The van der Waals surface area contributed by atoms with Gasteiger partial charge in [-0.15, -0.1) is 0 Å². The van der Waals surface area contributed by atoms with E-state index in [1.165, 1.54) is 7.11 Å². The van der Waals surface area contributed by atoms with Crippen molar-refractivity contribution in [2.75, 3.05) is 7.11 Å². The summed E-state index contributed by atoms with van der Waals surface area (Å²) in [5, 5.41) is 0. The van der Waals surface area contributed by atoms with E-state index < -0.39 is 5.60 Å². The van der Waals surface area contributed by atoms with Gasteiger partial charge in [-0.25, -0.2) is 0 Å². The summed E-state index contributed by atoms with van der Waals surface area (Å²) >= 11 is 0. The van der Waals surface area contributed by atoms with Crippen LogP contribution in [0.4, 0.5) is 0 Å². The van der Waals surface area contributed by atoms with Gasteiger partial charge in [0.1, 0.15) is 5.60 Å². The van der Waals surface area contributed by atoms with Crippen LogP contribution in [0.25, 0.3) is 0 Å². The summed E-state index contributed by atoms with van der Waals surface area (Å²) in [4.78, 5) is 9.81. The molecular weight excluding hydrogens is 92.1 g/mol. The fraction of sp³-hybridized carbons (Fsp3) is 0.800. The van der Waals surface area contributed by atoms with Crippen molar-refractivity contribution in [3.05, 3.63) is 0 Å². The van der Waals surface area contributed by atoms with Gasteiger partial charge in [-0.2, -0.15) is 0 Å². The van der Waals surface area contributed by atoms with Gasteiger partial charge in [-0.05, 0) is 13.8 Å². The average molecular weight is 101 g/mol. The third-order valence-corrected chi connectivity index (χ3v) is 0.756. The van der Waals surface area contributed by atoms with Gasteiger partial charge in [0.25, 0.3) is 0 Å². The molecule has 1 radical (unpaired) electrons. The summed E-state index contributed by atoms with van der Waals surface area (Å²) in [6.07, 6.45) is 1.72. The van der Waals surface area contributed by atoms with Crippen molar-refractivity contribution in [2.24, 2.45) is 0 Å². The van der Waals surface area contributed by atoms with Gasteiger partial charge in [0, 0.05) is 7.11 Å². The molecule has 0 unspecified atom stereocenters. The Labute approximate surface area is 43.5 Å². The molecule has 0 atom stereocenters. The number of ether oxygens (including phenoxy) is 1. The van der Waals surface area contributed by atoms with Gasteiger partial charge in [0.05, 0.1) is 0 Å². The van der Waals surface area contributed by atoms with E-state index in [0.29, 0.717) is 0 Å². The zero-order valence-corrected chi connectivity index (χ0v) is 4.82. The normalized spacial score (nSPS) is 11.3. The van der Waals surface area contributed by atoms with Crippen LogP contribution in [0.5, 0.6) is 0 Å². The molecular formula is C5H9O2. The summed E-state index contributed by atoms with van der Waals surface area (Å²) in [7, 11) is 1.48. The second-order valence-electron chi connectivity index (χ2n) is 1.82. The van der Waals surface area contributed by atoms with Crippen molar-refractivity contribution >= 4 is 6.29 Å². The van der Waals surface area contributed by atoms with Crippen molar-refractivity contribution in [3.8, 4) is 0 Å². The lowest BCUT2D eigenvalue weighted by molar-refractivity contribution is 0.0801. The SMILES string of the molecule is COC(C)(C)[C]=O. The number of methoxy groups -OCH3 is 1. The summed E-state index contributed by atoms with van der Waals surface area (Å²) in [5.74, 6) is 0. The summed E-state index contributed by atoms with van der Waals surface area (Å²) in [6, 6.07) is 0. The van der Waals surface area contributed by atoms with E-state index >= 15 is 0 Å². The van der Waals surface area contributed by atoms with Crippen LogP contribution in [0.2, 0.25) is 0 Å². The van der Waals surface area contributed by atoms with Gasteiger partial charge >= 0.3 is 0 Å². The predicted octanol–water partition coefficient (Wildman–Crippen LogP) is 0.521. The molecule has 0 aliphatic carbocycles. The monoisotopic (exact) mass is 101 g/mol. The molecule has 0 saturated carbocycles. The third-order valence-electron chi connectivity index (χ3n) is 0.756. The molecule has 41 valence electrons. The van der Waals surface area contributed by atoms with E-state index in [0.717, 1.165) is 0 Å². The van der Waals surface area contributed by atoms with Gasteiger partial charge in [-0.1, -0.05) is 0 Å². The highest BCUT2D eigenvalue weighted by Crippen LogP contribution is 1.99. The molecule has 0 fully saturated rings. The van der Waals surface area contributed by atoms with Crippen LogP contribution in [0, 0.1) is 0 Å². The Kier molecular flexibility index (Phi) is 1.96. The first-order valence-corrected chi connectivity index (χ1v) is 2.07. The maximum Gasteiger partial charge on any atom is 0.232 e. The van der Waals surface area contributed by atoms with Crippen LogP contribution < -0.4 is 0 Å². The molecule has 0 bridgehead atoms. The van der Waals surface area contributed by atoms with Crippen LogP contribution in [-0.2, 0) is 9.53 Å². The van der Waals surface area contributed by atoms with Gasteiger partial charge in [0.15, 0.2) is 0 Å². The highest BCUT2D eigenvalue weighted by atomic mass is 16.5. The highest BCUT2D eigenvalue weighted by Gasteiger charge is 2.14. The van der Waals surface area contributed by atoms with E-state index in [4.69, 9.17) is 0 Å². The zero-order chi connectivity index (χ0) is 5.91. The average Bonchev–Trinajstić information content (AvgIpc) is 1.68. The van der Waals surface area contributed by atoms with Crippen molar-refractivity contribution in [1.82, 2.24) is 0 Å². The van der Waals surface area contributed by atoms with Crippen LogP contribution in [0.3, 0.4) is 0 Å². The fourth-order valence-corrected chi connectivity index (χ4v) is 0.0417. The molecule has 2 heteroatoms. The largest absolute Gasteiger partial charge is 0.371 e. The van der Waals surface area contributed by atoms with Gasteiger partial charge in [-0.3, -0.25) is 4.79 Å². The molecule has 0 N–H and O–H groups in total. The molecule has 7 heavy (non-hydrogen) atoms. The summed E-state index contributed by atoms with van der Waals surface area (Å²) < 4.78 is 4.66. The lowest BCUT2D eigenvalue weighted by atomic mass is 10.2. The molecule has 2 nitrogen and oxygen atoms in total. The minimum atomic E-state index is -0.722. The van der Waals surface area contributed by atoms with Crippen molar-refractivity contribution < 1.29 is 9.53 Å². The topological polar surface area (TPSA) is 26.3 Å². The molecule has 0 amide bonds. The molecule has 0 aromatic rings. The van der Waals surface area contributed by atoms with E-state index in [2.05, 4.69) is 4.74 Å². The highest BCUT2D eigenvalue weighted by molar-refractivity contribution is 5.61. The first-order valence-electron chi connectivity index (χ1n) is 2.07. The summed E-state index contributed by atoms with van der Waals surface area (Å²) in [5.41, 5.74) is -0.722. The molecule has 0 heterocycles. The first-order chi connectivity index (χ1) is 3.12. The molecule has 0 aliphatic rings. The lowest BCUT2D eigenvalue weighted by Gasteiger charge is -2.11. The van der Waals surface area contributed by atoms with E-state index in [1.807, 2.05) is 0 Å². The molecule has 0 aromatic carbocycles. The number of rotatable bonds is 2. The van der Waals surface area contributed by atoms with Crippen LogP contribution in [0.1, 0.15) is 13.8 Å². The van der Waals surface area contributed by atoms with E-state index in [9.17, 15) is 4.79 Å². The fourth-order valence-electron chi connectivity index (χ4n) is 0.0417. The molecule has 0 spiro atoms. The summed E-state index contributed by atoms with van der Waals surface area (Å²) in [6.45, 7) is 3.31. The second-order valence-corrected chi connectivity index (χ2v) is 1.82. The zero-order valence-electron chi connectivity index (χ0n) is 4.82. The number of carbonyl (C=O) groups excluding carboxylic acids is 1. The van der Waals surface area contributed by atoms with E-state index in [-0.39, 0.29) is 0 Å². The molecule has 0 aliphatic heterocycles. The van der Waals surface area contributed by atoms with E-state index in [1.54, 1.807) is 20.1 Å². The lowest BCUT2D eigenvalue weighted by Crippen LogP contribution is -2.23. The maximum atomic E-state index is 9.81. The Balaban J connectivity index is 3.58. The quantitative estimate of drug-likeness (QED) is 0.507. The second kappa shape index (κ2) is 2.07.